The average molecular weight is 402 g/mol. The zero-order valence-electron chi connectivity index (χ0n) is 15.9. The molecule has 0 aliphatic heterocycles. The van der Waals surface area contributed by atoms with Crippen LogP contribution < -0.4 is 5.32 Å². The van der Waals surface area contributed by atoms with Crippen LogP contribution in [0, 0.1) is 11.6 Å². The Kier molecular flexibility index (Phi) is 6.18. The number of nitrogens with zero attached hydrogens (tertiary/aromatic N) is 3. The standard InChI is InChI=1S/C20H20F2N4O3/c1-3-14(27)11-26-18(12-6-7-23-17(8-12)20(28)29-2)10-19(25-26)24-13-4-5-15(21)16(22)9-13/h4-10,14,27H,3,11H2,1-2H3,(H,24,25). The number of rotatable bonds is 7. The van der Waals surface area contributed by atoms with Crippen molar-refractivity contribution >= 4 is 17.5 Å². The van der Waals surface area contributed by atoms with Crippen LogP contribution in [0.5, 0.6) is 0 Å². The second-order valence-corrected chi connectivity index (χ2v) is 6.33. The van der Waals surface area contributed by atoms with Crippen LogP contribution in [0.4, 0.5) is 20.3 Å². The van der Waals surface area contributed by atoms with E-state index in [1.807, 2.05) is 6.92 Å². The molecule has 7 nitrogen and oxygen atoms in total. The molecule has 0 aliphatic carbocycles. The molecule has 0 bridgehead atoms. The maximum absolute atomic E-state index is 13.5. The van der Waals surface area contributed by atoms with E-state index in [1.165, 1.54) is 19.4 Å². The fourth-order valence-electron chi connectivity index (χ4n) is 2.71. The number of aliphatic hydroxyl groups excluding tert-OH is 1. The Morgan fingerprint density at radius 3 is 2.72 bits per heavy atom. The normalized spacial score (nSPS) is 11.9. The molecule has 1 aromatic carbocycles. The first-order chi connectivity index (χ1) is 13.9. The van der Waals surface area contributed by atoms with E-state index in [0.717, 1.165) is 12.1 Å². The van der Waals surface area contributed by atoms with Crippen LogP contribution in [-0.4, -0.2) is 39.1 Å². The largest absolute Gasteiger partial charge is 0.464 e. The van der Waals surface area contributed by atoms with Gasteiger partial charge in [0.2, 0.25) is 0 Å². The van der Waals surface area contributed by atoms with Gasteiger partial charge in [0.25, 0.3) is 0 Å². The minimum atomic E-state index is -0.979. The van der Waals surface area contributed by atoms with Crippen LogP contribution in [0.1, 0.15) is 23.8 Å². The lowest BCUT2D eigenvalue weighted by molar-refractivity contribution is 0.0594. The van der Waals surface area contributed by atoms with Crippen LogP contribution in [0.2, 0.25) is 0 Å². The number of anilines is 2. The lowest BCUT2D eigenvalue weighted by Crippen LogP contribution is -2.16. The van der Waals surface area contributed by atoms with Crippen molar-refractivity contribution in [3.8, 4) is 11.3 Å². The van der Waals surface area contributed by atoms with Gasteiger partial charge >= 0.3 is 5.97 Å². The van der Waals surface area contributed by atoms with Crippen molar-refractivity contribution in [2.24, 2.45) is 0 Å². The predicted molar refractivity (Wildman–Crippen MR) is 103 cm³/mol. The van der Waals surface area contributed by atoms with E-state index in [4.69, 9.17) is 4.74 Å². The molecule has 1 atom stereocenters. The molecule has 0 saturated carbocycles. The maximum Gasteiger partial charge on any atom is 0.356 e. The molecule has 0 radical (unpaired) electrons. The van der Waals surface area contributed by atoms with Crippen molar-refractivity contribution in [3.63, 3.8) is 0 Å². The van der Waals surface area contributed by atoms with Gasteiger partial charge < -0.3 is 15.2 Å². The number of hydrogen-bond acceptors (Lipinski definition) is 6. The summed E-state index contributed by atoms with van der Waals surface area (Å²) in [5.41, 5.74) is 1.69. The van der Waals surface area contributed by atoms with Gasteiger partial charge in [-0.3, -0.25) is 4.68 Å². The van der Waals surface area contributed by atoms with Crippen molar-refractivity contribution in [3.05, 3.63) is 59.9 Å². The summed E-state index contributed by atoms with van der Waals surface area (Å²) in [6.07, 6.45) is 1.36. The number of aromatic nitrogens is 3. The number of methoxy groups -OCH3 is 1. The SMILES string of the molecule is CCC(O)Cn1nc(Nc2ccc(F)c(F)c2)cc1-c1ccnc(C(=O)OC)c1. The third kappa shape index (κ3) is 4.75. The van der Waals surface area contributed by atoms with E-state index in [2.05, 4.69) is 15.4 Å². The van der Waals surface area contributed by atoms with Gasteiger partial charge in [0.1, 0.15) is 5.69 Å². The van der Waals surface area contributed by atoms with Crippen LogP contribution >= 0.6 is 0 Å². The third-order valence-electron chi connectivity index (χ3n) is 4.28. The number of esters is 1. The molecule has 0 aliphatic rings. The molecule has 2 N–H and O–H groups in total. The monoisotopic (exact) mass is 402 g/mol. The minimum absolute atomic E-state index is 0.129. The topological polar surface area (TPSA) is 89.3 Å². The molecule has 29 heavy (non-hydrogen) atoms. The molecule has 0 amide bonds. The highest BCUT2D eigenvalue weighted by Gasteiger charge is 2.16. The molecule has 0 saturated heterocycles. The first kappa shape index (κ1) is 20.4. The molecule has 0 fully saturated rings. The summed E-state index contributed by atoms with van der Waals surface area (Å²) in [6, 6.07) is 8.36. The van der Waals surface area contributed by atoms with Gasteiger partial charge in [-0.1, -0.05) is 6.92 Å². The van der Waals surface area contributed by atoms with Gasteiger partial charge in [-0.15, -0.1) is 0 Å². The lowest BCUT2D eigenvalue weighted by Gasteiger charge is -2.11. The van der Waals surface area contributed by atoms with E-state index >= 15 is 0 Å². The molecule has 3 aromatic rings. The number of nitrogens with one attached hydrogen (secondary N) is 1. The first-order valence-corrected chi connectivity index (χ1v) is 8.94. The van der Waals surface area contributed by atoms with Gasteiger partial charge in [0.05, 0.1) is 25.5 Å². The van der Waals surface area contributed by atoms with Crippen LogP contribution in [0.25, 0.3) is 11.3 Å². The second-order valence-electron chi connectivity index (χ2n) is 6.33. The molecule has 2 heterocycles. The highest BCUT2D eigenvalue weighted by atomic mass is 19.2. The number of carbonyl (C=O) groups is 1. The summed E-state index contributed by atoms with van der Waals surface area (Å²) in [6.45, 7) is 2.05. The van der Waals surface area contributed by atoms with Crippen molar-refractivity contribution in [1.82, 2.24) is 14.8 Å². The number of halogens is 2. The summed E-state index contributed by atoms with van der Waals surface area (Å²) >= 11 is 0. The lowest BCUT2D eigenvalue weighted by atomic mass is 10.1. The zero-order valence-corrected chi connectivity index (χ0v) is 15.9. The fourth-order valence-corrected chi connectivity index (χ4v) is 2.71. The molecule has 152 valence electrons. The van der Waals surface area contributed by atoms with Gasteiger partial charge in [0.15, 0.2) is 17.5 Å². The third-order valence-corrected chi connectivity index (χ3v) is 4.28. The van der Waals surface area contributed by atoms with Gasteiger partial charge in [-0.25, -0.2) is 18.6 Å². The number of pyridine rings is 1. The summed E-state index contributed by atoms with van der Waals surface area (Å²) in [4.78, 5) is 15.8. The number of carbonyl (C=O) groups excluding carboxylic acids is 1. The Bertz CT molecular complexity index is 1020. The van der Waals surface area contributed by atoms with E-state index in [0.29, 0.717) is 29.2 Å². The van der Waals surface area contributed by atoms with E-state index < -0.39 is 23.7 Å². The number of aliphatic hydroxyl groups is 1. The Morgan fingerprint density at radius 1 is 1.24 bits per heavy atom. The molecule has 2 aromatic heterocycles. The van der Waals surface area contributed by atoms with Crippen molar-refractivity contribution in [2.45, 2.75) is 26.0 Å². The van der Waals surface area contributed by atoms with Crippen molar-refractivity contribution < 1.29 is 23.4 Å². The zero-order chi connectivity index (χ0) is 21.0. The maximum atomic E-state index is 13.5. The molecule has 0 spiro atoms. The average Bonchev–Trinajstić information content (AvgIpc) is 3.12. The molecule has 1 unspecified atom stereocenters. The summed E-state index contributed by atoms with van der Waals surface area (Å²) in [5, 5.41) is 17.4. The highest BCUT2D eigenvalue weighted by Crippen LogP contribution is 2.26. The first-order valence-electron chi connectivity index (χ1n) is 8.94. The Labute approximate surface area is 166 Å². The minimum Gasteiger partial charge on any atom is -0.464 e. The van der Waals surface area contributed by atoms with Gasteiger partial charge in [-0.2, -0.15) is 5.10 Å². The number of hydrogen-bond donors (Lipinski definition) is 2. The predicted octanol–water partition coefficient (Wildman–Crippen LogP) is 3.52. The van der Waals surface area contributed by atoms with Crippen molar-refractivity contribution in [2.75, 3.05) is 12.4 Å². The summed E-state index contributed by atoms with van der Waals surface area (Å²) in [7, 11) is 1.27. The molecular weight excluding hydrogens is 382 g/mol. The van der Waals surface area contributed by atoms with Crippen LogP contribution in [-0.2, 0) is 11.3 Å². The summed E-state index contributed by atoms with van der Waals surface area (Å²) in [5.74, 6) is -2.13. The highest BCUT2D eigenvalue weighted by molar-refractivity contribution is 5.88. The summed E-state index contributed by atoms with van der Waals surface area (Å²) < 4.78 is 32.9. The second kappa shape index (κ2) is 8.78. The van der Waals surface area contributed by atoms with E-state index in [1.54, 1.807) is 22.9 Å². The van der Waals surface area contributed by atoms with E-state index in [9.17, 15) is 18.7 Å². The number of benzene rings is 1. The smallest absolute Gasteiger partial charge is 0.356 e. The Balaban J connectivity index is 1.98. The van der Waals surface area contributed by atoms with Crippen LogP contribution in [0.3, 0.4) is 0 Å². The fraction of sp³-hybridized carbons (Fsp3) is 0.250. The van der Waals surface area contributed by atoms with E-state index in [-0.39, 0.29) is 12.2 Å². The van der Waals surface area contributed by atoms with Gasteiger partial charge in [-0.05, 0) is 30.7 Å². The molecule has 9 heteroatoms. The van der Waals surface area contributed by atoms with Gasteiger partial charge in [0, 0.05) is 29.6 Å². The Hall–Kier alpha value is -3.33. The molecule has 3 rings (SSSR count). The quantitative estimate of drug-likeness (QED) is 0.588. The molecular formula is C20H20F2N4O3. The number of ether oxygens (including phenoxy) is 1. The Morgan fingerprint density at radius 2 is 2.03 bits per heavy atom. The van der Waals surface area contributed by atoms with Crippen LogP contribution in [0.15, 0.2) is 42.6 Å². The van der Waals surface area contributed by atoms with Crippen molar-refractivity contribution in [1.29, 1.82) is 0 Å².